The average molecular weight is 419 g/mol. The van der Waals surface area contributed by atoms with Crippen molar-refractivity contribution in [1.82, 2.24) is 5.32 Å². The Morgan fingerprint density at radius 3 is 2.43 bits per heavy atom. The van der Waals surface area contributed by atoms with E-state index in [1.165, 1.54) is 37.3 Å². The Morgan fingerprint density at radius 1 is 1.14 bits per heavy atom. The van der Waals surface area contributed by atoms with Crippen LogP contribution in [0.2, 0.25) is 5.02 Å². The molecule has 1 aliphatic rings. The first-order valence-corrected chi connectivity index (χ1v) is 8.76. The minimum absolute atomic E-state index is 0.0552. The Hall–Kier alpha value is -3.10. The second-order valence-corrected chi connectivity index (χ2v) is 6.52. The molecule has 9 heteroatoms. The third-order valence-corrected chi connectivity index (χ3v) is 4.56. The quantitative estimate of drug-likeness (QED) is 0.451. The molecule has 144 valence electrons. The summed E-state index contributed by atoms with van der Waals surface area (Å²) in [6, 6.07) is 9.29. The maximum Gasteiger partial charge on any atom is 0.270 e. The van der Waals surface area contributed by atoms with E-state index in [1.807, 2.05) is 0 Å². The summed E-state index contributed by atoms with van der Waals surface area (Å²) < 4.78 is 10.3. The lowest BCUT2D eigenvalue weighted by Crippen LogP contribution is -2.54. The summed E-state index contributed by atoms with van der Waals surface area (Å²) in [6.07, 6.45) is 1.25. The smallest absolute Gasteiger partial charge is 0.270 e. The fraction of sp³-hybridized carbons (Fsp3) is 0.105. The Bertz CT molecular complexity index is 1000. The number of carbonyl (C=O) groups is 2. The van der Waals surface area contributed by atoms with Crippen LogP contribution in [-0.4, -0.2) is 36.3 Å². The zero-order valence-corrected chi connectivity index (χ0v) is 16.4. The summed E-state index contributed by atoms with van der Waals surface area (Å²) in [5.41, 5.74) is 0.379. The van der Waals surface area contributed by atoms with Crippen LogP contribution in [0.15, 0.2) is 42.0 Å². The highest BCUT2D eigenvalue weighted by molar-refractivity contribution is 7.80. The monoisotopic (exact) mass is 418 g/mol. The fourth-order valence-electron chi connectivity index (χ4n) is 2.65. The number of carbonyl (C=O) groups excluding carboxylic acids is 2. The maximum atomic E-state index is 13.0. The molecule has 0 bridgehead atoms. The maximum absolute atomic E-state index is 13.0. The van der Waals surface area contributed by atoms with E-state index in [0.29, 0.717) is 16.5 Å². The molecular weight excluding hydrogens is 404 g/mol. The summed E-state index contributed by atoms with van der Waals surface area (Å²) >= 11 is 11.0. The molecular formula is C19H15ClN2O5S. The van der Waals surface area contributed by atoms with Crippen LogP contribution in [0.1, 0.15) is 5.56 Å². The molecule has 0 unspecified atom stereocenters. The highest BCUT2D eigenvalue weighted by Gasteiger charge is 2.35. The van der Waals surface area contributed by atoms with Gasteiger partial charge in [0.2, 0.25) is 0 Å². The lowest BCUT2D eigenvalue weighted by atomic mass is 10.0. The van der Waals surface area contributed by atoms with Gasteiger partial charge in [0.05, 0.1) is 25.5 Å². The molecule has 1 aliphatic heterocycles. The lowest BCUT2D eigenvalue weighted by Gasteiger charge is -2.29. The summed E-state index contributed by atoms with van der Waals surface area (Å²) in [6.45, 7) is 0. The van der Waals surface area contributed by atoms with E-state index in [4.69, 9.17) is 33.3 Å². The third kappa shape index (κ3) is 3.64. The van der Waals surface area contributed by atoms with E-state index in [2.05, 4.69) is 5.32 Å². The van der Waals surface area contributed by atoms with Crippen molar-refractivity contribution in [3.05, 3.63) is 52.6 Å². The molecule has 0 atom stereocenters. The first-order valence-electron chi connectivity index (χ1n) is 7.97. The Morgan fingerprint density at radius 2 is 1.82 bits per heavy atom. The summed E-state index contributed by atoms with van der Waals surface area (Å²) in [7, 11) is 2.84. The third-order valence-electron chi connectivity index (χ3n) is 4.02. The molecule has 3 rings (SSSR count). The fourth-order valence-corrected chi connectivity index (χ4v) is 3.05. The molecule has 1 fully saturated rings. The van der Waals surface area contributed by atoms with E-state index in [1.54, 1.807) is 24.3 Å². The van der Waals surface area contributed by atoms with Crippen LogP contribution in [0.5, 0.6) is 17.2 Å². The van der Waals surface area contributed by atoms with Gasteiger partial charge in [-0.15, -0.1) is 0 Å². The topological polar surface area (TPSA) is 88.1 Å². The summed E-state index contributed by atoms with van der Waals surface area (Å²) in [4.78, 5) is 26.6. The minimum atomic E-state index is -0.683. The number of phenols is 1. The number of nitrogens with one attached hydrogen (secondary N) is 1. The Balaban J connectivity index is 2.08. The van der Waals surface area contributed by atoms with Crippen molar-refractivity contribution < 1.29 is 24.2 Å². The summed E-state index contributed by atoms with van der Waals surface area (Å²) in [5.74, 6) is -0.947. The number of ether oxygens (including phenoxy) is 2. The van der Waals surface area contributed by atoms with Gasteiger partial charge < -0.3 is 14.6 Å². The number of aromatic hydroxyl groups is 1. The molecule has 0 saturated carbocycles. The van der Waals surface area contributed by atoms with Crippen molar-refractivity contribution in [3.8, 4) is 17.2 Å². The molecule has 2 aromatic rings. The van der Waals surface area contributed by atoms with Gasteiger partial charge in [-0.25, -0.2) is 0 Å². The molecule has 0 aromatic heterocycles. The van der Waals surface area contributed by atoms with Gasteiger partial charge in [0.1, 0.15) is 22.8 Å². The van der Waals surface area contributed by atoms with Gasteiger partial charge in [-0.3, -0.25) is 19.8 Å². The van der Waals surface area contributed by atoms with Crippen LogP contribution in [-0.2, 0) is 9.59 Å². The normalized spacial score (nSPS) is 15.6. The second kappa shape index (κ2) is 7.87. The first kappa shape index (κ1) is 19.7. The number of halogens is 1. The minimum Gasteiger partial charge on any atom is -0.507 e. The molecule has 28 heavy (non-hydrogen) atoms. The van der Waals surface area contributed by atoms with E-state index >= 15 is 0 Å². The number of anilines is 1. The van der Waals surface area contributed by atoms with Gasteiger partial charge >= 0.3 is 0 Å². The van der Waals surface area contributed by atoms with Gasteiger partial charge in [-0.1, -0.05) is 11.6 Å². The van der Waals surface area contributed by atoms with Crippen LogP contribution in [0, 0.1) is 0 Å². The van der Waals surface area contributed by atoms with Crippen LogP contribution < -0.4 is 19.7 Å². The Kier molecular flexibility index (Phi) is 5.53. The number of phenolic OH excluding ortho intramolecular Hbond substituents is 1. The van der Waals surface area contributed by atoms with Crippen molar-refractivity contribution >= 4 is 52.5 Å². The predicted octanol–water partition coefficient (Wildman–Crippen LogP) is 2.89. The Labute approximate surface area is 171 Å². The van der Waals surface area contributed by atoms with Gasteiger partial charge in [0.25, 0.3) is 11.8 Å². The van der Waals surface area contributed by atoms with Gasteiger partial charge in [-0.05, 0) is 42.6 Å². The molecule has 2 aromatic carbocycles. The number of methoxy groups -OCH3 is 2. The predicted molar refractivity (Wildman–Crippen MR) is 109 cm³/mol. The number of rotatable bonds is 4. The molecule has 2 amide bonds. The van der Waals surface area contributed by atoms with E-state index < -0.39 is 11.8 Å². The van der Waals surface area contributed by atoms with Gasteiger partial charge in [-0.2, -0.15) is 0 Å². The highest BCUT2D eigenvalue weighted by Crippen LogP contribution is 2.35. The number of benzene rings is 2. The van der Waals surface area contributed by atoms with Crippen molar-refractivity contribution in [3.63, 3.8) is 0 Å². The molecule has 0 aliphatic carbocycles. The SMILES string of the molecule is COc1cc(O)c(C=C2C(=O)NC(=S)N(c3ccc(Cl)cc3)C2=O)c(OC)c1. The van der Waals surface area contributed by atoms with Crippen LogP contribution >= 0.6 is 23.8 Å². The van der Waals surface area contributed by atoms with E-state index in [9.17, 15) is 14.7 Å². The number of hydrogen-bond acceptors (Lipinski definition) is 6. The zero-order chi connectivity index (χ0) is 20.4. The van der Waals surface area contributed by atoms with Crippen molar-refractivity contribution in [2.75, 3.05) is 19.1 Å². The largest absolute Gasteiger partial charge is 0.507 e. The van der Waals surface area contributed by atoms with Crippen LogP contribution in [0.3, 0.4) is 0 Å². The molecule has 0 spiro atoms. The molecule has 1 heterocycles. The standard InChI is InChI=1S/C19H15ClN2O5S/c1-26-12-7-15(23)13(16(8-12)27-2)9-14-17(24)21-19(28)22(18(14)25)11-5-3-10(20)4-6-11/h3-9,23H,1-2H3,(H,21,24,28). The van der Waals surface area contributed by atoms with Crippen molar-refractivity contribution in [1.29, 1.82) is 0 Å². The lowest BCUT2D eigenvalue weighted by molar-refractivity contribution is -0.122. The van der Waals surface area contributed by atoms with Crippen LogP contribution in [0.4, 0.5) is 5.69 Å². The van der Waals surface area contributed by atoms with E-state index in [0.717, 1.165) is 0 Å². The van der Waals surface area contributed by atoms with Crippen molar-refractivity contribution in [2.45, 2.75) is 0 Å². The summed E-state index contributed by atoms with van der Waals surface area (Å²) in [5, 5.41) is 13.2. The van der Waals surface area contributed by atoms with Gasteiger partial charge in [0.15, 0.2) is 5.11 Å². The van der Waals surface area contributed by atoms with Gasteiger partial charge in [0, 0.05) is 17.2 Å². The number of amides is 2. The molecule has 0 radical (unpaired) electrons. The average Bonchev–Trinajstić information content (AvgIpc) is 2.66. The molecule has 2 N–H and O–H groups in total. The van der Waals surface area contributed by atoms with Crippen LogP contribution in [0.25, 0.3) is 6.08 Å². The molecule has 7 nitrogen and oxygen atoms in total. The zero-order valence-electron chi connectivity index (χ0n) is 14.9. The highest BCUT2D eigenvalue weighted by atomic mass is 35.5. The first-order chi connectivity index (χ1) is 13.3. The number of nitrogens with zero attached hydrogens (tertiary/aromatic N) is 1. The molecule has 1 saturated heterocycles. The second-order valence-electron chi connectivity index (χ2n) is 5.70. The van der Waals surface area contributed by atoms with Crippen molar-refractivity contribution in [2.24, 2.45) is 0 Å². The number of hydrogen-bond donors (Lipinski definition) is 2. The van der Waals surface area contributed by atoms with E-state index in [-0.39, 0.29) is 27.7 Å². The number of thiocarbonyl (C=S) groups is 1.